The minimum Gasteiger partial charge on any atom is -0.474 e. The second kappa shape index (κ2) is 8.35. The van der Waals surface area contributed by atoms with Crippen molar-refractivity contribution < 1.29 is 19.4 Å². The van der Waals surface area contributed by atoms with Crippen molar-refractivity contribution in [2.75, 3.05) is 42.3 Å². The van der Waals surface area contributed by atoms with Gasteiger partial charge in [-0.25, -0.2) is 14.8 Å². The number of pyridine rings is 2. The molecule has 0 radical (unpaired) electrons. The van der Waals surface area contributed by atoms with Crippen LogP contribution in [0.25, 0.3) is 21.9 Å². The number of nitrogen functional groups attached to an aromatic ring is 1. The highest BCUT2D eigenvalue weighted by molar-refractivity contribution is 6.02. The van der Waals surface area contributed by atoms with Crippen LogP contribution < -0.4 is 20.7 Å². The van der Waals surface area contributed by atoms with E-state index in [2.05, 4.69) is 21.4 Å². The first-order valence-corrected chi connectivity index (χ1v) is 11.0. The summed E-state index contributed by atoms with van der Waals surface area (Å²) in [5.41, 5.74) is 10.0. The largest absolute Gasteiger partial charge is 0.474 e. The SMILES string of the molecule is Cc1c(-c2cc3cc(N(C(=O)O)[C@@H]4COC[C@H]4C)ncc3c(N)c2C#N)cnc2c1NCCO2. The summed E-state index contributed by atoms with van der Waals surface area (Å²) in [6, 6.07) is 5.41. The van der Waals surface area contributed by atoms with Crippen LogP contribution in [0.3, 0.4) is 0 Å². The van der Waals surface area contributed by atoms with E-state index >= 15 is 0 Å². The molecule has 2 atom stereocenters. The number of carboxylic acid groups (broad SMARTS) is 1. The lowest BCUT2D eigenvalue weighted by atomic mass is 9.93. The minimum atomic E-state index is -1.10. The van der Waals surface area contributed by atoms with Crippen LogP contribution in [-0.2, 0) is 4.74 Å². The molecule has 2 aliphatic heterocycles. The van der Waals surface area contributed by atoms with E-state index < -0.39 is 6.09 Å². The van der Waals surface area contributed by atoms with Crippen LogP contribution in [0, 0.1) is 24.2 Å². The van der Waals surface area contributed by atoms with Crippen molar-refractivity contribution in [1.29, 1.82) is 5.26 Å². The smallest absolute Gasteiger partial charge is 0.413 e. The van der Waals surface area contributed by atoms with E-state index in [0.717, 1.165) is 16.8 Å². The van der Waals surface area contributed by atoms with Gasteiger partial charge in [0.15, 0.2) is 0 Å². The summed E-state index contributed by atoms with van der Waals surface area (Å²) in [6.45, 7) is 5.88. The Hall–Kier alpha value is -4.10. The molecule has 174 valence electrons. The molecular weight excluding hydrogens is 436 g/mol. The molecule has 0 bridgehead atoms. The Labute approximate surface area is 195 Å². The molecule has 4 heterocycles. The Morgan fingerprint density at radius 2 is 2.12 bits per heavy atom. The molecule has 1 fully saturated rings. The molecule has 3 aromatic rings. The lowest BCUT2D eigenvalue weighted by Gasteiger charge is -2.27. The second-order valence-corrected chi connectivity index (χ2v) is 8.58. The number of carbonyl (C=O) groups is 1. The highest BCUT2D eigenvalue weighted by Gasteiger charge is 2.35. The molecule has 10 heteroatoms. The third-order valence-corrected chi connectivity index (χ3v) is 6.51. The third-order valence-electron chi connectivity index (χ3n) is 6.51. The van der Waals surface area contributed by atoms with Gasteiger partial charge in [-0.3, -0.25) is 4.90 Å². The molecule has 1 saturated heterocycles. The van der Waals surface area contributed by atoms with Gasteiger partial charge >= 0.3 is 6.09 Å². The van der Waals surface area contributed by atoms with Crippen LogP contribution in [0.5, 0.6) is 5.88 Å². The number of nitrogens with one attached hydrogen (secondary N) is 1. The minimum absolute atomic E-state index is 0.0362. The predicted molar refractivity (Wildman–Crippen MR) is 127 cm³/mol. The van der Waals surface area contributed by atoms with Crippen LogP contribution in [0.2, 0.25) is 0 Å². The molecule has 10 nitrogen and oxygen atoms in total. The Bertz CT molecular complexity index is 1350. The van der Waals surface area contributed by atoms with Crippen LogP contribution in [0.4, 0.5) is 22.0 Å². The van der Waals surface area contributed by atoms with Gasteiger partial charge in [0.2, 0.25) is 5.88 Å². The standard InChI is InChI=1S/C24H24N6O4/c1-12-10-33-11-19(12)30(24(31)32)20-6-14-5-15(16(7-25)21(26)18(14)9-28-20)17-8-29-23-22(13(17)2)27-3-4-34-23/h5-6,8-9,12,19,27H,3-4,10-11,26H2,1-2H3,(H,31,32)/t12-,19-/m1/s1. The number of hydrogen-bond acceptors (Lipinski definition) is 8. The maximum atomic E-state index is 12.1. The predicted octanol–water partition coefficient (Wildman–Crippen LogP) is 3.38. The molecule has 1 aromatic carbocycles. The summed E-state index contributed by atoms with van der Waals surface area (Å²) in [6.07, 6.45) is 2.09. The van der Waals surface area contributed by atoms with Gasteiger partial charge in [-0.05, 0) is 30.0 Å². The summed E-state index contributed by atoms with van der Waals surface area (Å²) in [5, 5.41) is 24.4. The van der Waals surface area contributed by atoms with Crippen LogP contribution >= 0.6 is 0 Å². The highest BCUT2D eigenvalue weighted by Crippen LogP contribution is 2.40. The number of ether oxygens (including phenoxy) is 2. The van der Waals surface area contributed by atoms with Gasteiger partial charge in [0.25, 0.3) is 0 Å². The van der Waals surface area contributed by atoms with Gasteiger partial charge in [0, 0.05) is 41.4 Å². The Balaban J connectivity index is 1.68. The average molecular weight is 460 g/mol. The molecule has 2 aromatic heterocycles. The lowest BCUT2D eigenvalue weighted by Crippen LogP contribution is -2.43. The number of rotatable bonds is 3. The first-order valence-electron chi connectivity index (χ1n) is 11.0. The third kappa shape index (κ3) is 3.41. The quantitative estimate of drug-likeness (QED) is 0.500. The molecule has 0 spiro atoms. The summed E-state index contributed by atoms with van der Waals surface area (Å²) in [5.74, 6) is 0.846. The van der Waals surface area contributed by atoms with Crippen molar-refractivity contribution in [2.45, 2.75) is 19.9 Å². The maximum Gasteiger partial charge on any atom is 0.413 e. The average Bonchev–Trinajstić information content (AvgIpc) is 3.24. The van der Waals surface area contributed by atoms with E-state index in [0.29, 0.717) is 54.1 Å². The molecular formula is C24H24N6O4. The van der Waals surface area contributed by atoms with E-state index in [1.54, 1.807) is 12.3 Å². The first kappa shape index (κ1) is 21.7. The summed E-state index contributed by atoms with van der Waals surface area (Å²) >= 11 is 0. The zero-order valence-electron chi connectivity index (χ0n) is 18.8. The Morgan fingerprint density at radius 3 is 2.82 bits per heavy atom. The number of benzene rings is 1. The van der Waals surface area contributed by atoms with E-state index in [9.17, 15) is 15.2 Å². The fourth-order valence-electron chi connectivity index (χ4n) is 4.66. The van der Waals surface area contributed by atoms with Crippen LogP contribution in [0.15, 0.2) is 24.5 Å². The molecule has 0 aliphatic carbocycles. The van der Waals surface area contributed by atoms with Crippen LogP contribution in [-0.4, -0.2) is 53.6 Å². The summed E-state index contributed by atoms with van der Waals surface area (Å²) < 4.78 is 11.1. The molecule has 0 saturated carbocycles. The number of aromatic nitrogens is 2. The van der Waals surface area contributed by atoms with Crippen molar-refractivity contribution in [3.05, 3.63) is 35.7 Å². The summed E-state index contributed by atoms with van der Waals surface area (Å²) in [7, 11) is 0. The van der Waals surface area contributed by atoms with E-state index in [1.807, 2.05) is 19.9 Å². The number of nitriles is 1. The van der Waals surface area contributed by atoms with Gasteiger partial charge in [-0.15, -0.1) is 0 Å². The lowest BCUT2D eigenvalue weighted by molar-refractivity contribution is 0.181. The van der Waals surface area contributed by atoms with Gasteiger partial charge in [-0.2, -0.15) is 5.26 Å². The van der Waals surface area contributed by atoms with E-state index in [4.69, 9.17) is 15.2 Å². The van der Waals surface area contributed by atoms with Gasteiger partial charge < -0.3 is 25.6 Å². The number of anilines is 3. The number of nitrogens with two attached hydrogens (primary N) is 1. The fraction of sp³-hybridized carbons (Fsp3) is 0.333. The second-order valence-electron chi connectivity index (χ2n) is 8.58. The molecule has 4 N–H and O–H groups in total. The van der Waals surface area contributed by atoms with Crippen molar-refractivity contribution in [3.8, 4) is 23.1 Å². The van der Waals surface area contributed by atoms with E-state index in [-0.39, 0.29) is 23.5 Å². The van der Waals surface area contributed by atoms with Crippen molar-refractivity contribution >= 4 is 34.1 Å². The fourth-order valence-corrected chi connectivity index (χ4v) is 4.66. The van der Waals surface area contributed by atoms with Gasteiger partial charge in [0.1, 0.15) is 24.2 Å². The number of fused-ring (bicyclic) bond motifs is 2. The molecule has 34 heavy (non-hydrogen) atoms. The summed E-state index contributed by atoms with van der Waals surface area (Å²) in [4.78, 5) is 22.2. The number of hydrogen-bond donors (Lipinski definition) is 3. The Morgan fingerprint density at radius 1 is 1.29 bits per heavy atom. The molecule has 5 rings (SSSR count). The van der Waals surface area contributed by atoms with Crippen molar-refractivity contribution in [2.24, 2.45) is 5.92 Å². The maximum absolute atomic E-state index is 12.1. The Kier molecular flexibility index (Phi) is 5.34. The monoisotopic (exact) mass is 460 g/mol. The van der Waals surface area contributed by atoms with E-state index in [1.165, 1.54) is 11.1 Å². The molecule has 0 unspecified atom stereocenters. The zero-order valence-corrected chi connectivity index (χ0v) is 18.8. The molecule has 2 aliphatic rings. The first-order chi connectivity index (χ1) is 16.4. The van der Waals surface area contributed by atoms with Gasteiger partial charge in [0.05, 0.1) is 30.5 Å². The van der Waals surface area contributed by atoms with Crippen molar-refractivity contribution in [3.63, 3.8) is 0 Å². The normalized spacial score (nSPS) is 19.1. The molecule has 1 amide bonds. The highest BCUT2D eigenvalue weighted by atomic mass is 16.5. The van der Waals surface area contributed by atoms with Crippen LogP contribution in [0.1, 0.15) is 18.1 Å². The number of nitrogens with zero attached hydrogens (tertiary/aromatic N) is 4. The topological polar surface area (TPSA) is 147 Å². The number of amides is 1. The van der Waals surface area contributed by atoms with Crippen molar-refractivity contribution in [1.82, 2.24) is 9.97 Å². The van der Waals surface area contributed by atoms with Gasteiger partial charge in [-0.1, -0.05) is 6.92 Å². The zero-order chi connectivity index (χ0) is 24.0.